The molecule has 2 fully saturated rings. The standard InChI is InChI=1S/C41H54ClF2N9O4/c1-7-28(12-13-49(3)24-27-21-46-22-27)40(55)52-14-16-53(17-15-52)41(56)31-9-8-29(20-34(31)42)48-39(54)38-47-23-35(51(38)5)32-11-10-30(36(43)37(32)44)33(26(2)45)25-50(4)18-19-57-6/h8-11,20,23,25,27-28,45-46H,7,12-19,21-22,24H2,1-6H3,(H,48,54)/p+1/b33-25+,45-26?. The van der Waals surface area contributed by atoms with E-state index >= 15 is 8.78 Å². The second-order valence-corrected chi connectivity index (χ2v) is 15.5. The lowest BCUT2D eigenvalue weighted by Crippen LogP contribution is -3.10. The molecule has 0 radical (unpaired) electrons. The van der Waals surface area contributed by atoms with Gasteiger partial charge < -0.3 is 44.9 Å². The number of hydrogen-bond acceptors (Lipinski definition) is 8. The van der Waals surface area contributed by atoms with Crippen LogP contribution in [0.5, 0.6) is 0 Å². The maximum Gasteiger partial charge on any atom is 0.291 e. The van der Waals surface area contributed by atoms with Crippen molar-refractivity contribution in [1.29, 1.82) is 5.41 Å². The molecule has 2 aromatic carbocycles. The van der Waals surface area contributed by atoms with Crippen LogP contribution < -0.4 is 15.5 Å². The van der Waals surface area contributed by atoms with Gasteiger partial charge >= 0.3 is 0 Å². The predicted molar refractivity (Wildman–Crippen MR) is 218 cm³/mol. The van der Waals surface area contributed by atoms with Gasteiger partial charge in [0.1, 0.15) is 0 Å². The molecule has 3 heterocycles. The predicted octanol–water partition coefficient (Wildman–Crippen LogP) is 3.66. The van der Waals surface area contributed by atoms with Gasteiger partial charge in [0.25, 0.3) is 11.8 Å². The zero-order valence-electron chi connectivity index (χ0n) is 33.7. The highest BCUT2D eigenvalue weighted by molar-refractivity contribution is 6.34. The average Bonchev–Trinajstić information content (AvgIpc) is 3.56. The molecule has 16 heteroatoms. The summed E-state index contributed by atoms with van der Waals surface area (Å²) in [5.41, 5.74) is 0.833. The lowest BCUT2D eigenvalue weighted by Gasteiger charge is -2.36. The van der Waals surface area contributed by atoms with E-state index in [1.54, 1.807) is 42.3 Å². The van der Waals surface area contributed by atoms with Gasteiger partial charge in [-0.3, -0.25) is 14.4 Å². The summed E-state index contributed by atoms with van der Waals surface area (Å²) in [5, 5.41) is 14.3. The van der Waals surface area contributed by atoms with Crippen LogP contribution in [0.4, 0.5) is 14.5 Å². The molecule has 0 spiro atoms. The highest BCUT2D eigenvalue weighted by atomic mass is 35.5. The fourth-order valence-electron chi connectivity index (χ4n) is 7.24. The number of aromatic nitrogens is 2. The van der Waals surface area contributed by atoms with E-state index in [0.29, 0.717) is 45.0 Å². The number of halogens is 3. The van der Waals surface area contributed by atoms with Crippen molar-refractivity contribution in [2.75, 3.05) is 92.0 Å². The lowest BCUT2D eigenvalue weighted by atomic mass is 9.98. The molecule has 5 rings (SSSR count). The number of nitrogens with zero attached hydrogens (tertiary/aromatic N) is 5. The number of methoxy groups -OCH3 is 1. The number of nitrogens with one attached hydrogen (secondary N) is 4. The minimum atomic E-state index is -1.14. The van der Waals surface area contributed by atoms with Crippen molar-refractivity contribution in [3.8, 4) is 11.3 Å². The van der Waals surface area contributed by atoms with Crippen molar-refractivity contribution in [2.24, 2.45) is 18.9 Å². The molecule has 1 aromatic heterocycles. The van der Waals surface area contributed by atoms with E-state index in [2.05, 4.69) is 29.6 Å². The summed E-state index contributed by atoms with van der Waals surface area (Å²) >= 11 is 6.58. The third kappa shape index (κ3) is 10.4. The Balaban J connectivity index is 1.19. The zero-order valence-corrected chi connectivity index (χ0v) is 34.4. The van der Waals surface area contributed by atoms with Crippen LogP contribution in [0.2, 0.25) is 5.02 Å². The Morgan fingerprint density at radius 3 is 2.42 bits per heavy atom. The second-order valence-electron chi connectivity index (χ2n) is 15.1. The van der Waals surface area contributed by atoms with Crippen LogP contribution in [0.1, 0.15) is 53.2 Å². The van der Waals surface area contributed by atoms with Gasteiger partial charge in [-0.2, -0.15) is 0 Å². The van der Waals surface area contributed by atoms with Gasteiger partial charge in [-0.1, -0.05) is 24.6 Å². The second kappa shape index (κ2) is 19.6. The van der Waals surface area contributed by atoms with Crippen LogP contribution in [0.25, 0.3) is 16.8 Å². The van der Waals surface area contributed by atoms with Gasteiger partial charge in [0, 0.05) is 120 Å². The zero-order chi connectivity index (χ0) is 41.4. The number of ether oxygens (including phenoxy) is 1. The number of piperazine rings is 1. The van der Waals surface area contributed by atoms with E-state index in [1.807, 2.05) is 4.90 Å². The number of rotatable bonds is 17. The van der Waals surface area contributed by atoms with Gasteiger partial charge in [-0.15, -0.1) is 0 Å². The first kappa shape index (κ1) is 43.4. The third-order valence-electron chi connectivity index (χ3n) is 10.8. The van der Waals surface area contributed by atoms with Crippen LogP contribution in [0.15, 0.2) is 42.7 Å². The Hall–Kier alpha value is -4.70. The van der Waals surface area contributed by atoms with E-state index < -0.39 is 17.5 Å². The van der Waals surface area contributed by atoms with Gasteiger partial charge in [-0.05, 0) is 37.6 Å². The Kier molecular flexibility index (Phi) is 15.0. The number of carbonyl (C=O) groups is 3. The Bertz CT molecular complexity index is 1980. The molecule has 13 nitrogen and oxygen atoms in total. The van der Waals surface area contributed by atoms with Crippen molar-refractivity contribution in [3.05, 3.63) is 76.3 Å². The number of quaternary nitrogens is 1. The fraction of sp³-hybridized carbons (Fsp3) is 0.488. The highest BCUT2D eigenvalue weighted by Crippen LogP contribution is 2.31. The summed E-state index contributed by atoms with van der Waals surface area (Å²) in [6.45, 7) is 10.3. The van der Waals surface area contributed by atoms with Crippen LogP contribution in [0.3, 0.4) is 0 Å². The topological polar surface area (TPSA) is 140 Å². The largest absolute Gasteiger partial charge is 0.383 e. The van der Waals surface area contributed by atoms with Crippen molar-refractivity contribution in [3.63, 3.8) is 0 Å². The summed E-state index contributed by atoms with van der Waals surface area (Å²) in [7, 11) is 7.02. The molecule has 2 unspecified atom stereocenters. The molecular weight excluding hydrogens is 756 g/mol. The molecule has 57 heavy (non-hydrogen) atoms. The molecule has 0 saturated carbocycles. The molecule has 3 amide bonds. The number of amides is 3. The third-order valence-corrected chi connectivity index (χ3v) is 11.2. The molecule has 3 aromatic rings. The number of imidazole rings is 1. The minimum absolute atomic E-state index is 0.0369. The normalized spacial score (nSPS) is 15.9. The first-order valence-corrected chi connectivity index (χ1v) is 19.8. The minimum Gasteiger partial charge on any atom is -0.383 e. The van der Waals surface area contributed by atoms with E-state index in [-0.39, 0.29) is 62.2 Å². The summed E-state index contributed by atoms with van der Waals surface area (Å²) in [6.07, 6.45) is 4.47. The van der Waals surface area contributed by atoms with Crippen molar-refractivity contribution >= 4 is 46.3 Å². The van der Waals surface area contributed by atoms with Crippen LogP contribution in [0, 0.1) is 28.9 Å². The highest BCUT2D eigenvalue weighted by Gasteiger charge is 2.31. The van der Waals surface area contributed by atoms with E-state index in [0.717, 1.165) is 44.9 Å². The monoisotopic (exact) mass is 810 g/mol. The molecule has 308 valence electrons. The first-order valence-electron chi connectivity index (χ1n) is 19.4. The van der Waals surface area contributed by atoms with Crippen molar-refractivity contribution in [1.82, 2.24) is 29.6 Å². The maximum atomic E-state index is 15.6. The first-order chi connectivity index (χ1) is 27.2. The number of anilines is 1. The molecule has 0 bridgehead atoms. The fourth-order valence-corrected chi connectivity index (χ4v) is 7.50. The SMILES string of the molecule is CCC(CC[NH+](C)CC1CNC1)C(=O)N1CCN(C(=O)c2ccc(NC(=O)c3ncc(-c4ccc(/C(=C/N(C)CCOC)C(C)=N)c(F)c4F)n3C)cc2Cl)CC1. The summed E-state index contributed by atoms with van der Waals surface area (Å²) < 4.78 is 37.6. The summed E-state index contributed by atoms with van der Waals surface area (Å²) in [4.78, 5) is 51.1. The molecule has 2 aliphatic heterocycles. The lowest BCUT2D eigenvalue weighted by molar-refractivity contribution is -0.884. The number of benzene rings is 2. The molecule has 4 N–H and O–H groups in total. The number of hydrogen-bond donors (Lipinski definition) is 4. The van der Waals surface area contributed by atoms with E-state index in [4.69, 9.17) is 21.7 Å². The molecule has 2 atom stereocenters. The molecule has 0 aliphatic carbocycles. The quantitative estimate of drug-likeness (QED) is 0.153. The van der Waals surface area contributed by atoms with Crippen molar-refractivity contribution < 1.29 is 32.8 Å². The Morgan fingerprint density at radius 1 is 1.12 bits per heavy atom. The van der Waals surface area contributed by atoms with Crippen LogP contribution in [-0.4, -0.2) is 134 Å². The van der Waals surface area contributed by atoms with E-state index in [9.17, 15) is 14.4 Å². The summed E-state index contributed by atoms with van der Waals surface area (Å²) in [6, 6.07) is 7.37. The summed E-state index contributed by atoms with van der Waals surface area (Å²) in [5.74, 6) is -2.41. The molecular formula is C41H55ClF2N9O4+. The average molecular weight is 811 g/mol. The van der Waals surface area contributed by atoms with Gasteiger partial charge in [0.2, 0.25) is 5.91 Å². The molecule has 2 aliphatic rings. The Morgan fingerprint density at radius 2 is 1.81 bits per heavy atom. The Labute approximate surface area is 338 Å². The van der Waals surface area contributed by atoms with Crippen LogP contribution >= 0.6 is 11.6 Å². The van der Waals surface area contributed by atoms with Gasteiger partial charge in [0.05, 0.1) is 49.2 Å². The van der Waals surface area contributed by atoms with Gasteiger partial charge in [-0.25, -0.2) is 13.8 Å². The van der Waals surface area contributed by atoms with Gasteiger partial charge in [0.15, 0.2) is 17.5 Å². The van der Waals surface area contributed by atoms with Crippen LogP contribution in [-0.2, 0) is 16.6 Å². The number of allylic oxidation sites excluding steroid dienone is 1. The smallest absolute Gasteiger partial charge is 0.291 e. The number of likely N-dealkylation sites (N-methyl/N-ethyl adjacent to an activating group) is 1. The molecule has 2 saturated heterocycles. The maximum absolute atomic E-state index is 15.6. The number of carbonyl (C=O) groups excluding carboxylic acids is 3. The van der Waals surface area contributed by atoms with Crippen molar-refractivity contribution in [2.45, 2.75) is 26.7 Å². The van der Waals surface area contributed by atoms with E-state index in [1.165, 1.54) is 47.8 Å².